The number of nitrogens with zero attached hydrogens (tertiary/aromatic N) is 2. The van der Waals surface area contributed by atoms with Crippen LogP contribution >= 0.6 is 0 Å². The van der Waals surface area contributed by atoms with Gasteiger partial charge < -0.3 is 0 Å². The Kier molecular flexibility index (Phi) is 2.81. The minimum absolute atomic E-state index is 0.0932. The van der Waals surface area contributed by atoms with E-state index < -0.39 is 17.6 Å². The lowest BCUT2D eigenvalue weighted by atomic mass is 9.94. The van der Waals surface area contributed by atoms with Crippen LogP contribution in [0.4, 0.5) is 17.6 Å². The summed E-state index contributed by atoms with van der Waals surface area (Å²) in [4.78, 5) is 7.56. The predicted molar refractivity (Wildman–Crippen MR) is 65.9 cm³/mol. The SMILES string of the molecule is Fc1cnccc1-c1cc(C(F)(F)F)cc2c1C=NC2. The number of hydrogen-bond donors (Lipinski definition) is 0. The fourth-order valence-corrected chi connectivity index (χ4v) is 2.21. The maximum absolute atomic E-state index is 13.8. The largest absolute Gasteiger partial charge is 0.416 e. The van der Waals surface area contributed by atoms with Gasteiger partial charge in [0.1, 0.15) is 5.82 Å². The Bertz CT molecular complexity index is 705. The number of benzene rings is 1. The van der Waals surface area contributed by atoms with Crippen LogP contribution in [0, 0.1) is 5.82 Å². The van der Waals surface area contributed by atoms with Gasteiger partial charge in [-0.2, -0.15) is 13.2 Å². The summed E-state index contributed by atoms with van der Waals surface area (Å²) in [6.07, 6.45) is -0.675. The highest BCUT2D eigenvalue weighted by molar-refractivity contribution is 5.94. The van der Waals surface area contributed by atoms with Crippen molar-refractivity contribution in [3.8, 4) is 11.1 Å². The normalized spacial score (nSPS) is 13.6. The highest BCUT2D eigenvalue weighted by Gasteiger charge is 2.33. The van der Waals surface area contributed by atoms with Crippen LogP contribution in [-0.4, -0.2) is 11.2 Å². The first-order valence-electron chi connectivity index (χ1n) is 5.80. The molecule has 1 aromatic heterocycles. The van der Waals surface area contributed by atoms with E-state index in [0.717, 1.165) is 18.3 Å². The molecule has 0 bridgehead atoms. The summed E-state index contributed by atoms with van der Waals surface area (Å²) >= 11 is 0. The zero-order valence-electron chi connectivity index (χ0n) is 10.1. The molecule has 1 aromatic carbocycles. The molecular formula is C14H8F4N2. The maximum Gasteiger partial charge on any atom is 0.416 e. The third-order valence-corrected chi connectivity index (χ3v) is 3.14. The second-order valence-corrected chi connectivity index (χ2v) is 4.42. The molecule has 0 radical (unpaired) electrons. The van der Waals surface area contributed by atoms with Crippen LogP contribution in [0.2, 0.25) is 0 Å². The lowest BCUT2D eigenvalue weighted by Gasteiger charge is -2.13. The van der Waals surface area contributed by atoms with Crippen molar-refractivity contribution in [2.75, 3.05) is 0 Å². The van der Waals surface area contributed by atoms with Gasteiger partial charge in [0, 0.05) is 23.5 Å². The van der Waals surface area contributed by atoms with Gasteiger partial charge in [-0.05, 0) is 29.3 Å². The molecule has 0 atom stereocenters. The van der Waals surface area contributed by atoms with Crippen LogP contribution in [0.3, 0.4) is 0 Å². The van der Waals surface area contributed by atoms with Crippen molar-refractivity contribution in [2.45, 2.75) is 12.7 Å². The number of rotatable bonds is 1. The smallest absolute Gasteiger partial charge is 0.288 e. The molecular weight excluding hydrogens is 272 g/mol. The Balaban J connectivity index is 2.27. The second kappa shape index (κ2) is 4.40. The molecule has 102 valence electrons. The van der Waals surface area contributed by atoms with Gasteiger partial charge in [-0.15, -0.1) is 0 Å². The van der Waals surface area contributed by atoms with Crippen molar-refractivity contribution in [1.29, 1.82) is 0 Å². The Morgan fingerprint density at radius 3 is 2.60 bits per heavy atom. The van der Waals surface area contributed by atoms with Crippen LogP contribution < -0.4 is 0 Å². The van der Waals surface area contributed by atoms with E-state index in [1.807, 2.05) is 0 Å². The third kappa shape index (κ3) is 2.07. The average Bonchev–Trinajstić information content (AvgIpc) is 2.85. The lowest BCUT2D eigenvalue weighted by Crippen LogP contribution is -2.07. The fourth-order valence-electron chi connectivity index (χ4n) is 2.21. The van der Waals surface area contributed by atoms with Crippen molar-refractivity contribution < 1.29 is 17.6 Å². The van der Waals surface area contributed by atoms with Gasteiger partial charge in [0.2, 0.25) is 0 Å². The highest BCUT2D eigenvalue weighted by atomic mass is 19.4. The molecule has 0 unspecified atom stereocenters. The van der Waals surface area contributed by atoms with E-state index in [0.29, 0.717) is 11.1 Å². The van der Waals surface area contributed by atoms with Crippen LogP contribution in [0.15, 0.2) is 35.6 Å². The zero-order valence-corrected chi connectivity index (χ0v) is 10.1. The van der Waals surface area contributed by atoms with E-state index in [-0.39, 0.29) is 17.7 Å². The van der Waals surface area contributed by atoms with Gasteiger partial charge in [-0.1, -0.05) is 0 Å². The van der Waals surface area contributed by atoms with Crippen LogP contribution in [0.5, 0.6) is 0 Å². The predicted octanol–water partition coefficient (Wildman–Crippen LogP) is 3.84. The summed E-state index contributed by atoms with van der Waals surface area (Å²) in [7, 11) is 0. The van der Waals surface area contributed by atoms with Gasteiger partial charge in [-0.25, -0.2) is 4.39 Å². The molecule has 0 saturated carbocycles. The van der Waals surface area contributed by atoms with Crippen LogP contribution in [0.1, 0.15) is 16.7 Å². The van der Waals surface area contributed by atoms with E-state index in [2.05, 4.69) is 9.98 Å². The number of hydrogen-bond acceptors (Lipinski definition) is 2. The van der Waals surface area contributed by atoms with Crippen molar-refractivity contribution in [1.82, 2.24) is 4.98 Å². The number of fused-ring (bicyclic) bond motifs is 1. The van der Waals surface area contributed by atoms with Gasteiger partial charge >= 0.3 is 6.18 Å². The monoisotopic (exact) mass is 280 g/mol. The molecule has 2 nitrogen and oxygen atoms in total. The van der Waals surface area contributed by atoms with E-state index in [4.69, 9.17) is 0 Å². The average molecular weight is 280 g/mol. The molecule has 2 heterocycles. The lowest BCUT2D eigenvalue weighted by molar-refractivity contribution is -0.137. The van der Waals surface area contributed by atoms with Crippen molar-refractivity contribution in [3.63, 3.8) is 0 Å². The number of aliphatic imine (C=N–C) groups is 1. The van der Waals surface area contributed by atoms with E-state index in [9.17, 15) is 17.6 Å². The van der Waals surface area contributed by atoms with E-state index in [1.54, 1.807) is 0 Å². The molecule has 0 N–H and O–H groups in total. The number of pyridine rings is 1. The van der Waals surface area contributed by atoms with Gasteiger partial charge in [0.15, 0.2) is 0 Å². The quantitative estimate of drug-likeness (QED) is 0.729. The van der Waals surface area contributed by atoms with Gasteiger partial charge in [-0.3, -0.25) is 9.98 Å². The first-order chi connectivity index (χ1) is 9.47. The molecule has 2 aromatic rings. The third-order valence-electron chi connectivity index (χ3n) is 3.14. The molecule has 3 rings (SSSR count). The summed E-state index contributed by atoms with van der Waals surface area (Å²) in [6.45, 7) is 0.180. The first kappa shape index (κ1) is 12.8. The molecule has 20 heavy (non-hydrogen) atoms. The van der Waals surface area contributed by atoms with Crippen molar-refractivity contribution >= 4 is 6.21 Å². The Labute approximate surface area is 111 Å². The van der Waals surface area contributed by atoms with Crippen LogP contribution in [0.25, 0.3) is 11.1 Å². The minimum atomic E-state index is -4.48. The number of alkyl halides is 3. The summed E-state index contributed by atoms with van der Waals surface area (Å²) in [6, 6.07) is 3.37. The molecule has 0 amide bonds. The summed E-state index contributed by atoms with van der Waals surface area (Å²) in [5.74, 6) is -0.658. The van der Waals surface area contributed by atoms with Crippen LogP contribution in [-0.2, 0) is 12.7 Å². The van der Waals surface area contributed by atoms with E-state index >= 15 is 0 Å². The zero-order chi connectivity index (χ0) is 14.3. The number of aromatic nitrogens is 1. The summed E-state index contributed by atoms with van der Waals surface area (Å²) < 4.78 is 52.5. The summed E-state index contributed by atoms with van der Waals surface area (Å²) in [5.41, 5.74) is 0.466. The molecule has 0 aliphatic carbocycles. The Morgan fingerprint density at radius 1 is 1.10 bits per heavy atom. The Hall–Kier alpha value is -2.24. The molecule has 0 saturated heterocycles. The van der Waals surface area contributed by atoms with Crippen molar-refractivity contribution in [2.24, 2.45) is 4.99 Å². The Morgan fingerprint density at radius 2 is 1.90 bits per heavy atom. The first-order valence-corrected chi connectivity index (χ1v) is 5.80. The van der Waals surface area contributed by atoms with Crippen molar-refractivity contribution in [3.05, 3.63) is 53.1 Å². The second-order valence-electron chi connectivity index (χ2n) is 4.42. The fraction of sp³-hybridized carbons (Fsp3) is 0.143. The highest BCUT2D eigenvalue weighted by Crippen LogP contribution is 2.37. The molecule has 0 spiro atoms. The standard InChI is InChI=1S/C14H8F4N2/c15-13-7-19-2-1-10(13)11-4-9(14(16,17)18)3-8-5-20-6-12(8)11/h1-4,6-7H,5H2. The minimum Gasteiger partial charge on any atom is -0.288 e. The molecule has 1 aliphatic heterocycles. The number of halogens is 4. The molecule has 6 heteroatoms. The van der Waals surface area contributed by atoms with E-state index in [1.165, 1.54) is 18.5 Å². The molecule has 0 fully saturated rings. The van der Waals surface area contributed by atoms with Gasteiger partial charge in [0.05, 0.1) is 18.3 Å². The summed E-state index contributed by atoms with van der Waals surface area (Å²) in [5, 5.41) is 0. The van der Waals surface area contributed by atoms with Gasteiger partial charge in [0.25, 0.3) is 0 Å². The maximum atomic E-state index is 13.8. The molecule has 1 aliphatic rings. The topological polar surface area (TPSA) is 25.2 Å².